The van der Waals surface area contributed by atoms with Crippen LogP contribution in [0.3, 0.4) is 0 Å². The highest BCUT2D eigenvalue weighted by Crippen LogP contribution is 2.36. The molecule has 0 amide bonds. The third kappa shape index (κ3) is 2.89. The number of aliphatic hydroxyl groups excluding tert-OH is 1. The topological polar surface area (TPSA) is 41.5 Å². The van der Waals surface area contributed by atoms with Crippen LogP contribution >= 0.6 is 0 Å². The van der Waals surface area contributed by atoms with Crippen LogP contribution in [0.2, 0.25) is 0 Å². The van der Waals surface area contributed by atoms with Crippen molar-refractivity contribution in [3.05, 3.63) is 23.8 Å². The molecule has 0 aliphatic rings. The molecule has 3 nitrogen and oxygen atoms in total. The Hall–Kier alpha value is -1.22. The van der Waals surface area contributed by atoms with Crippen molar-refractivity contribution in [3.63, 3.8) is 0 Å². The zero-order chi connectivity index (χ0) is 12.2. The normalized spacial score (nSPS) is 11.3. The average Bonchev–Trinajstić information content (AvgIpc) is 2.24. The molecule has 0 aliphatic heterocycles. The second kappa shape index (κ2) is 5.21. The van der Waals surface area contributed by atoms with E-state index in [9.17, 15) is 0 Å². The highest BCUT2D eigenvalue weighted by Gasteiger charge is 2.20. The van der Waals surface area contributed by atoms with Crippen LogP contribution in [0.1, 0.15) is 26.3 Å². The number of benzene rings is 1. The van der Waals surface area contributed by atoms with Gasteiger partial charge in [0.15, 0.2) is 0 Å². The molecule has 0 saturated carbocycles. The van der Waals surface area contributed by atoms with Crippen LogP contribution in [0.25, 0.3) is 0 Å². The fraction of sp³-hybridized carbons (Fsp3) is 0.538. The lowest BCUT2D eigenvalue weighted by Crippen LogP contribution is -2.15. The summed E-state index contributed by atoms with van der Waals surface area (Å²) in [4.78, 5) is 0. The maximum absolute atomic E-state index is 8.82. The summed E-state index contributed by atoms with van der Waals surface area (Å²) in [6, 6.07) is 6.04. The third-order valence-electron chi connectivity index (χ3n) is 2.45. The highest BCUT2D eigenvalue weighted by molar-refractivity contribution is 5.61. The van der Waals surface area contributed by atoms with Crippen molar-refractivity contribution in [2.45, 2.75) is 26.2 Å². The van der Waals surface area contributed by atoms with E-state index in [1.54, 1.807) is 7.11 Å². The Bertz CT molecular complexity index is 342. The Morgan fingerprint density at radius 3 is 2.50 bits per heavy atom. The van der Waals surface area contributed by atoms with Gasteiger partial charge in [0.25, 0.3) is 0 Å². The van der Waals surface area contributed by atoms with Gasteiger partial charge in [0, 0.05) is 12.1 Å². The third-order valence-corrected chi connectivity index (χ3v) is 2.45. The molecule has 16 heavy (non-hydrogen) atoms. The summed E-state index contributed by atoms with van der Waals surface area (Å²) in [6.45, 7) is 7.11. The summed E-state index contributed by atoms with van der Waals surface area (Å²) in [5, 5.41) is 12.0. The monoisotopic (exact) mass is 223 g/mol. The van der Waals surface area contributed by atoms with Gasteiger partial charge in [-0.2, -0.15) is 0 Å². The predicted molar refractivity (Wildman–Crippen MR) is 67.3 cm³/mol. The van der Waals surface area contributed by atoms with Crippen LogP contribution in [-0.4, -0.2) is 25.4 Å². The van der Waals surface area contributed by atoms with E-state index in [0.29, 0.717) is 6.54 Å². The van der Waals surface area contributed by atoms with E-state index in [0.717, 1.165) is 17.0 Å². The van der Waals surface area contributed by atoms with Gasteiger partial charge >= 0.3 is 0 Å². The van der Waals surface area contributed by atoms with Gasteiger partial charge in [-0.3, -0.25) is 0 Å². The molecule has 1 aromatic carbocycles. The minimum Gasteiger partial charge on any atom is -0.494 e. The van der Waals surface area contributed by atoms with Crippen LogP contribution < -0.4 is 10.1 Å². The standard InChI is InChI=1S/C13H21NO2/c1-13(2,3)10-6-5-7-11(12(10)16-4)14-8-9-15/h5-7,14-15H,8-9H2,1-4H3. The number of para-hydroxylation sites is 1. The lowest BCUT2D eigenvalue weighted by molar-refractivity contribution is 0.310. The van der Waals surface area contributed by atoms with Gasteiger partial charge in [-0.25, -0.2) is 0 Å². The SMILES string of the molecule is COc1c(NCCO)cccc1C(C)(C)C. The summed E-state index contributed by atoms with van der Waals surface area (Å²) < 4.78 is 5.46. The van der Waals surface area contributed by atoms with Crippen LogP contribution in [-0.2, 0) is 5.41 Å². The van der Waals surface area contributed by atoms with E-state index >= 15 is 0 Å². The molecule has 1 aromatic rings. The molecular weight excluding hydrogens is 202 g/mol. The molecule has 0 spiro atoms. The van der Waals surface area contributed by atoms with Crippen molar-refractivity contribution in [2.24, 2.45) is 0 Å². The Morgan fingerprint density at radius 2 is 2.00 bits per heavy atom. The van der Waals surface area contributed by atoms with Crippen molar-refractivity contribution in [1.82, 2.24) is 0 Å². The summed E-state index contributed by atoms with van der Waals surface area (Å²) in [6.07, 6.45) is 0. The Kier molecular flexibility index (Phi) is 4.19. The number of hydrogen-bond acceptors (Lipinski definition) is 3. The Balaban J connectivity index is 3.11. The molecule has 0 atom stereocenters. The molecule has 0 radical (unpaired) electrons. The largest absolute Gasteiger partial charge is 0.494 e. The highest BCUT2D eigenvalue weighted by atomic mass is 16.5. The van der Waals surface area contributed by atoms with Crippen molar-refractivity contribution < 1.29 is 9.84 Å². The minimum absolute atomic E-state index is 0.0439. The van der Waals surface area contributed by atoms with Crippen molar-refractivity contribution in [1.29, 1.82) is 0 Å². The van der Waals surface area contributed by atoms with E-state index < -0.39 is 0 Å². The molecule has 90 valence electrons. The molecule has 0 aromatic heterocycles. The second-order valence-corrected chi connectivity index (χ2v) is 4.79. The predicted octanol–water partition coefficient (Wildman–Crippen LogP) is 2.40. The molecule has 0 heterocycles. The average molecular weight is 223 g/mol. The van der Waals surface area contributed by atoms with Gasteiger partial charge < -0.3 is 15.2 Å². The fourth-order valence-electron chi connectivity index (χ4n) is 1.68. The zero-order valence-electron chi connectivity index (χ0n) is 10.5. The fourth-order valence-corrected chi connectivity index (χ4v) is 1.68. The van der Waals surface area contributed by atoms with Crippen molar-refractivity contribution in [3.8, 4) is 5.75 Å². The number of anilines is 1. The first kappa shape index (κ1) is 12.8. The number of methoxy groups -OCH3 is 1. The van der Waals surface area contributed by atoms with Gasteiger partial charge in [0.05, 0.1) is 19.4 Å². The first-order valence-electron chi connectivity index (χ1n) is 5.53. The Labute approximate surface area is 97.4 Å². The number of nitrogens with one attached hydrogen (secondary N) is 1. The quantitative estimate of drug-likeness (QED) is 0.823. The molecular formula is C13H21NO2. The van der Waals surface area contributed by atoms with E-state index in [1.165, 1.54) is 0 Å². The minimum atomic E-state index is 0.0439. The number of hydrogen-bond donors (Lipinski definition) is 2. The summed E-state index contributed by atoms with van der Waals surface area (Å²) in [7, 11) is 1.68. The second-order valence-electron chi connectivity index (χ2n) is 4.79. The van der Waals surface area contributed by atoms with E-state index in [-0.39, 0.29) is 12.0 Å². The van der Waals surface area contributed by atoms with E-state index in [2.05, 4.69) is 32.2 Å². The van der Waals surface area contributed by atoms with Crippen LogP contribution in [0.4, 0.5) is 5.69 Å². The molecule has 0 fully saturated rings. The molecule has 0 bridgehead atoms. The molecule has 2 N–H and O–H groups in total. The lowest BCUT2D eigenvalue weighted by Gasteiger charge is -2.24. The first-order valence-corrected chi connectivity index (χ1v) is 5.53. The van der Waals surface area contributed by atoms with Crippen molar-refractivity contribution >= 4 is 5.69 Å². The molecule has 3 heteroatoms. The van der Waals surface area contributed by atoms with Crippen molar-refractivity contribution in [2.75, 3.05) is 25.6 Å². The Morgan fingerprint density at radius 1 is 1.31 bits per heavy atom. The van der Waals surface area contributed by atoms with Gasteiger partial charge in [-0.05, 0) is 11.5 Å². The summed E-state index contributed by atoms with van der Waals surface area (Å²) in [5.74, 6) is 0.864. The maximum Gasteiger partial charge on any atom is 0.145 e. The molecule has 0 aliphatic carbocycles. The molecule has 1 rings (SSSR count). The zero-order valence-corrected chi connectivity index (χ0v) is 10.5. The summed E-state index contributed by atoms with van der Waals surface area (Å²) >= 11 is 0. The van der Waals surface area contributed by atoms with Crippen LogP contribution in [0.15, 0.2) is 18.2 Å². The number of ether oxygens (including phenoxy) is 1. The van der Waals surface area contributed by atoms with Gasteiger partial charge in [0.1, 0.15) is 5.75 Å². The van der Waals surface area contributed by atoms with Gasteiger partial charge in [-0.1, -0.05) is 32.9 Å². The maximum atomic E-state index is 8.82. The number of rotatable bonds is 4. The lowest BCUT2D eigenvalue weighted by atomic mass is 9.86. The molecule has 0 unspecified atom stereocenters. The van der Waals surface area contributed by atoms with Crippen LogP contribution in [0, 0.1) is 0 Å². The number of aliphatic hydroxyl groups is 1. The smallest absolute Gasteiger partial charge is 0.145 e. The van der Waals surface area contributed by atoms with E-state index in [4.69, 9.17) is 9.84 Å². The van der Waals surface area contributed by atoms with E-state index in [1.807, 2.05) is 12.1 Å². The van der Waals surface area contributed by atoms with Crippen LogP contribution in [0.5, 0.6) is 5.75 Å². The first-order chi connectivity index (χ1) is 7.50. The molecule has 0 saturated heterocycles. The summed E-state index contributed by atoms with van der Waals surface area (Å²) in [5.41, 5.74) is 2.14. The van der Waals surface area contributed by atoms with Gasteiger partial charge in [-0.15, -0.1) is 0 Å². The van der Waals surface area contributed by atoms with Gasteiger partial charge in [0.2, 0.25) is 0 Å².